The molecule has 0 atom stereocenters. The van der Waals surface area contributed by atoms with Gasteiger partial charge in [0.05, 0.1) is 24.9 Å². The van der Waals surface area contributed by atoms with Crippen LogP contribution in [0.4, 0.5) is 0 Å². The zero-order valence-corrected chi connectivity index (χ0v) is 20.4. The molecule has 2 aromatic carbocycles. The average molecular weight is 477 g/mol. The van der Waals surface area contributed by atoms with Crippen molar-refractivity contribution < 1.29 is 14.3 Å². The lowest BCUT2D eigenvalue weighted by atomic mass is 10.1. The summed E-state index contributed by atoms with van der Waals surface area (Å²) < 4.78 is 12.6. The van der Waals surface area contributed by atoms with E-state index >= 15 is 0 Å². The van der Waals surface area contributed by atoms with Gasteiger partial charge in [0, 0.05) is 29.4 Å². The quantitative estimate of drug-likeness (QED) is 0.323. The average Bonchev–Trinajstić information content (AvgIpc) is 3.50. The first-order chi connectivity index (χ1) is 16.6. The van der Waals surface area contributed by atoms with E-state index in [0.29, 0.717) is 23.7 Å². The van der Waals surface area contributed by atoms with Crippen LogP contribution in [0.25, 0.3) is 16.8 Å². The molecule has 34 heavy (non-hydrogen) atoms. The summed E-state index contributed by atoms with van der Waals surface area (Å²) >= 11 is 1.69. The summed E-state index contributed by atoms with van der Waals surface area (Å²) in [6.45, 7) is 2.58. The highest BCUT2D eigenvalue weighted by atomic mass is 32.1. The maximum Gasteiger partial charge on any atom is 0.272 e. The smallest absolute Gasteiger partial charge is 0.272 e. The number of benzene rings is 2. The molecule has 0 radical (unpaired) electrons. The van der Waals surface area contributed by atoms with Crippen molar-refractivity contribution >= 4 is 17.2 Å². The van der Waals surface area contributed by atoms with E-state index in [-0.39, 0.29) is 5.91 Å². The molecule has 8 heteroatoms. The maximum absolute atomic E-state index is 13.1. The van der Waals surface area contributed by atoms with Gasteiger partial charge in [-0.2, -0.15) is 5.10 Å². The molecule has 4 aromatic rings. The fraction of sp³-hybridized carbons (Fsp3) is 0.269. The Labute approximate surface area is 203 Å². The number of nitrogens with zero attached hydrogens (tertiary/aromatic N) is 3. The lowest BCUT2D eigenvalue weighted by Crippen LogP contribution is -2.25. The van der Waals surface area contributed by atoms with Gasteiger partial charge in [0.1, 0.15) is 0 Å². The Morgan fingerprint density at radius 2 is 1.85 bits per heavy atom. The largest absolute Gasteiger partial charge is 0.493 e. The van der Waals surface area contributed by atoms with Crippen molar-refractivity contribution in [2.24, 2.45) is 0 Å². The van der Waals surface area contributed by atoms with E-state index in [1.807, 2.05) is 61.7 Å². The summed E-state index contributed by atoms with van der Waals surface area (Å²) in [6.07, 6.45) is 4.63. The van der Waals surface area contributed by atoms with Gasteiger partial charge in [0.15, 0.2) is 17.2 Å². The third kappa shape index (κ3) is 5.46. The summed E-state index contributed by atoms with van der Waals surface area (Å²) in [7, 11) is 3.19. The van der Waals surface area contributed by atoms with Crippen molar-refractivity contribution in [3.05, 3.63) is 76.5 Å². The summed E-state index contributed by atoms with van der Waals surface area (Å²) in [5.74, 6) is 1.02. The molecule has 0 fully saturated rings. The van der Waals surface area contributed by atoms with Gasteiger partial charge in [-0.3, -0.25) is 4.79 Å². The number of ether oxygens (including phenoxy) is 2. The predicted molar refractivity (Wildman–Crippen MR) is 134 cm³/mol. The Bertz CT molecular complexity index is 1250. The molecule has 4 rings (SSSR count). The highest BCUT2D eigenvalue weighted by Crippen LogP contribution is 2.34. The zero-order chi connectivity index (χ0) is 23.9. The third-order valence-electron chi connectivity index (χ3n) is 5.41. The molecule has 0 spiro atoms. The van der Waals surface area contributed by atoms with Crippen LogP contribution >= 0.6 is 11.3 Å². The number of amides is 1. The van der Waals surface area contributed by atoms with E-state index < -0.39 is 0 Å². The number of aryl methyl sites for hydroxylation is 2. The number of unbranched alkanes of at least 4 members (excludes halogenated alkanes) is 1. The molecule has 0 aliphatic heterocycles. The first-order valence-electron chi connectivity index (χ1n) is 11.2. The molecule has 1 amide bonds. The fourth-order valence-corrected chi connectivity index (χ4v) is 4.49. The molecule has 1 N–H and O–H groups in total. The fourth-order valence-electron chi connectivity index (χ4n) is 3.67. The highest BCUT2D eigenvalue weighted by Gasteiger charge is 2.20. The first-order valence-corrected chi connectivity index (χ1v) is 12.0. The monoisotopic (exact) mass is 476 g/mol. The lowest BCUT2D eigenvalue weighted by molar-refractivity contribution is 0.0948. The van der Waals surface area contributed by atoms with Crippen molar-refractivity contribution in [3.63, 3.8) is 0 Å². The van der Waals surface area contributed by atoms with E-state index in [4.69, 9.17) is 9.47 Å². The van der Waals surface area contributed by atoms with E-state index in [0.717, 1.165) is 46.8 Å². The van der Waals surface area contributed by atoms with Gasteiger partial charge >= 0.3 is 0 Å². The minimum absolute atomic E-state index is 0.204. The minimum Gasteiger partial charge on any atom is -0.493 e. The number of carbonyl (C=O) groups is 1. The Morgan fingerprint density at radius 3 is 2.56 bits per heavy atom. The normalized spacial score (nSPS) is 10.8. The molecule has 0 aliphatic carbocycles. The van der Waals surface area contributed by atoms with Crippen molar-refractivity contribution in [2.75, 3.05) is 20.8 Å². The Morgan fingerprint density at radius 1 is 1.06 bits per heavy atom. The van der Waals surface area contributed by atoms with Crippen molar-refractivity contribution in [1.82, 2.24) is 20.1 Å². The molecule has 2 heterocycles. The second kappa shape index (κ2) is 11.0. The van der Waals surface area contributed by atoms with Crippen LogP contribution < -0.4 is 14.8 Å². The topological polar surface area (TPSA) is 78.3 Å². The second-order valence-electron chi connectivity index (χ2n) is 7.84. The standard InChI is InChI=1S/C26H28N4O3S/c1-18-17-34-24(28-18)11-7-8-14-27-26(31)25-21(16-30(29-25)20-9-5-4-6-10-20)19-12-13-22(32-2)23(15-19)33-3/h4-6,9-10,12-13,15-17H,7-8,11,14H2,1-3H3,(H,27,31). The van der Waals surface area contributed by atoms with Gasteiger partial charge in [-0.15, -0.1) is 11.3 Å². The molecular weight excluding hydrogens is 448 g/mol. The van der Waals surface area contributed by atoms with E-state index in [9.17, 15) is 4.79 Å². The molecule has 0 saturated carbocycles. The van der Waals surface area contributed by atoms with Gasteiger partial charge < -0.3 is 14.8 Å². The number of para-hydroxylation sites is 1. The van der Waals surface area contributed by atoms with Crippen LogP contribution in [0.15, 0.2) is 60.1 Å². The van der Waals surface area contributed by atoms with Crippen LogP contribution in [0.5, 0.6) is 11.5 Å². The van der Waals surface area contributed by atoms with Crippen LogP contribution in [0, 0.1) is 6.92 Å². The summed E-state index contributed by atoms with van der Waals surface area (Å²) in [6, 6.07) is 15.3. The molecule has 176 valence electrons. The van der Waals surface area contributed by atoms with E-state index in [2.05, 4.69) is 20.8 Å². The first kappa shape index (κ1) is 23.5. The maximum atomic E-state index is 13.1. The summed E-state index contributed by atoms with van der Waals surface area (Å²) in [5, 5.41) is 10.9. The number of rotatable bonds is 10. The Balaban J connectivity index is 1.53. The molecule has 7 nitrogen and oxygen atoms in total. The van der Waals surface area contributed by atoms with Crippen LogP contribution in [0.2, 0.25) is 0 Å². The number of hydrogen-bond acceptors (Lipinski definition) is 6. The van der Waals surface area contributed by atoms with Crippen molar-refractivity contribution in [3.8, 4) is 28.3 Å². The third-order valence-corrected chi connectivity index (χ3v) is 6.44. The van der Waals surface area contributed by atoms with Crippen molar-refractivity contribution in [2.45, 2.75) is 26.2 Å². The highest BCUT2D eigenvalue weighted by molar-refractivity contribution is 7.09. The molecule has 2 aromatic heterocycles. The predicted octanol–water partition coefficient (Wildman–Crippen LogP) is 5.07. The SMILES string of the molecule is COc1ccc(-c2cn(-c3ccccc3)nc2C(=O)NCCCCc2nc(C)cs2)cc1OC. The molecular formula is C26H28N4O3S. The van der Waals surface area contributed by atoms with Gasteiger partial charge in [0.2, 0.25) is 0 Å². The minimum atomic E-state index is -0.204. The second-order valence-corrected chi connectivity index (χ2v) is 8.78. The van der Waals surface area contributed by atoms with Crippen LogP contribution in [-0.4, -0.2) is 41.4 Å². The van der Waals surface area contributed by atoms with Gasteiger partial charge in [-0.25, -0.2) is 9.67 Å². The number of aromatic nitrogens is 3. The summed E-state index contributed by atoms with van der Waals surface area (Å²) in [4.78, 5) is 17.6. The number of thiazole rings is 1. The zero-order valence-electron chi connectivity index (χ0n) is 19.6. The Kier molecular flexibility index (Phi) is 7.59. The van der Waals surface area contributed by atoms with Gasteiger partial charge in [0.25, 0.3) is 5.91 Å². The lowest BCUT2D eigenvalue weighted by Gasteiger charge is -2.10. The number of methoxy groups -OCH3 is 2. The molecule has 0 bridgehead atoms. The van der Waals surface area contributed by atoms with Gasteiger partial charge in [-0.1, -0.05) is 24.3 Å². The molecule has 0 unspecified atom stereocenters. The van der Waals surface area contributed by atoms with Crippen LogP contribution in [0.1, 0.15) is 34.0 Å². The van der Waals surface area contributed by atoms with Crippen molar-refractivity contribution in [1.29, 1.82) is 0 Å². The number of carbonyl (C=O) groups excluding carboxylic acids is 1. The van der Waals surface area contributed by atoms with Crippen LogP contribution in [0.3, 0.4) is 0 Å². The molecule has 0 saturated heterocycles. The van der Waals surface area contributed by atoms with Gasteiger partial charge in [-0.05, 0) is 56.0 Å². The van der Waals surface area contributed by atoms with E-state index in [1.165, 1.54) is 0 Å². The molecule has 0 aliphatic rings. The number of nitrogens with one attached hydrogen (secondary N) is 1. The number of hydrogen-bond donors (Lipinski definition) is 1. The van der Waals surface area contributed by atoms with Crippen LogP contribution in [-0.2, 0) is 6.42 Å². The van der Waals surface area contributed by atoms with E-state index in [1.54, 1.807) is 30.2 Å². The Hall–Kier alpha value is -3.65. The summed E-state index contributed by atoms with van der Waals surface area (Å²) in [5.41, 5.74) is 3.85.